The Labute approximate surface area is 177 Å². The number of nitrogens with one attached hydrogen (secondary N) is 1. The average Bonchev–Trinajstić information content (AvgIpc) is 3.13. The van der Waals surface area contributed by atoms with Crippen molar-refractivity contribution >= 4 is 16.9 Å². The zero-order valence-corrected chi connectivity index (χ0v) is 17.3. The molecule has 1 aromatic heterocycles. The SMILES string of the molecule is Cc1cccc(C(=O)NCCCc2nc3ccccc3n2CCc2ccccc2)c1. The van der Waals surface area contributed by atoms with Crippen LogP contribution < -0.4 is 5.32 Å². The van der Waals surface area contributed by atoms with Crippen molar-refractivity contribution in [3.05, 3.63) is 101 Å². The number of para-hydroxylation sites is 2. The van der Waals surface area contributed by atoms with Gasteiger partial charge in [0.15, 0.2) is 0 Å². The predicted molar refractivity (Wildman–Crippen MR) is 122 cm³/mol. The number of carbonyl (C=O) groups is 1. The van der Waals surface area contributed by atoms with E-state index in [0.29, 0.717) is 12.1 Å². The van der Waals surface area contributed by atoms with Gasteiger partial charge in [-0.2, -0.15) is 0 Å². The molecule has 0 aliphatic heterocycles. The van der Waals surface area contributed by atoms with Crippen molar-refractivity contribution < 1.29 is 4.79 Å². The largest absolute Gasteiger partial charge is 0.352 e. The molecule has 0 aliphatic rings. The Bertz CT molecular complexity index is 1130. The summed E-state index contributed by atoms with van der Waals surface area (Å²) in [6.45, 7) is 3.53. The van der Waals surface area contributed by atoms with Crippen LogP contribution in [0.15, 0.2) is 78.9 Å². The molecule has 0 radical (unpaired) electrons. The molecule has 0 fully saturated rings. The Morgan fingerprint density at radius 3 is 2.57 bits per heavy atom. The Balaban J connectivity index is 1.40. The fraction of sp³-hybridized carbons (Fsp3) is 0.231. The van der Waals surface area contributed by atoms with Crippen LogP contribution in [0.2, 0.25) is 0 Å². The van der Waals surface area contributed by atoms with Crippen LogP contribution >= 0.6 is 0 Å². The lowest BCUT2D eigenvalue weighted by Gasteiger charge is -2.10. The molecule has 0 spiro atoms. The van der Waals surface area contributed by atoms with Crippen LogP contribution in [0.3, 0.4) is 0 Å². The van der Waals surface area contributed by atoms with E-state index in [0.717, 1.165) is 42.7 Å². The summed E-state index contributed by atoms with van der Waals surface area (Å²) in [5.74, 6) is 1.06. The number of benzene rings is 3. The molecule has 0 aliphatic carbocycles. The number of aromatic nitrogens is 2. The molecule has 1 heterocycles. The molecule has 0 atom stereocenters. The summed E-state index contributed by atoms with van der Waals surface area (Å²) < 4.78 is 2.32. The third-order valence-electron chi connectivity index (χ3n) is 5.34. The van der Waals surface area contributed by atoms with Crippen LogP contribution in [0.1, 0.15) is 33.7 Å². The number of nitrogens with zero attached hydrogens (tertiary/aromatic N) is 2. The highest BCUT2D eigenvalue weighted by atomic mass is 16.1. The first-order chi connectivity index (χ1) is 14.7. The molecule has 4 rings (SSSR count). The topological polar surface area (TPSA) is 46.9 Å². The Morgan fingerprint density at radius 2 is 1.73 bits per heavy atom. The molecular weight excluding hydrogens is 370 g/mol. The van der Waals surface area contributed by atoms with Gasteiger partial charge < -0.3 is 9.88 Å². The lowest BCUT2D eigenvalue weighted by atomic mass is 10.1. The third-order valence-corrected chi connectivity index (χ3v) is 5.34. The van der Waals surface area contributed by atoms with E-state index < -0.39 is 0 Å². The lowest BCUT2D eigenvalue weighted by Crippen LogP contribution is -2.25. The third kappa shape index (κ3) is 4.77. The van der Waals surface area contributed by atoms with Gasteiger partial charge >= 0.3 is 0 Å². The molecule has 4 nitrogen and oxygen atoms in total. The number of rotatable bonds is 8. The molecule has 152 valence electrons. The van der Waals surface area contributed by atoms with Gasteiger partial charge in [-0.3, -0.25) is 4.79 Å². The zero-order valence-electron chi connectivity index (χ0n) is 17.3. The van der Waals surface area contributed by atoms with Gasteiger partial charge in [-0.15, -0.1) is 0 Å². The zero-order chi connectivity index (χ0) is 20.8. The second-order valence-electron chi connectivity index (χ2n) is 7.63. The van der Waals surface area contributed by atoms with Crippen molar-refractivity contribution in [2.75, 3.05) is 6.54 Å². The maximum atomic E-state index is 12.3. The number of hydrogen-bond acceptors (Lipinski definition) is 2. The van der Waals surface area contributed by atoms with Gasteiger partial charge in [-0.05, 0) is 49.6 Å². The molecule has 0 bridgehead atoms. The Hall–Kier alpha value is -3.40. The molecule has 0 unspecified atom stereocenters. The van der Waals surface area contributed by atoms with Crippen molar-refractivity contribution in [3.8, 4) is 0 Å². The highest BCUT2D eigenvalue weighted by Crippen LogP contribution is 2.18. The normalized spacial score (nSPS) is 11.0. The summed E-state index contributed by atoms with van der Waals surface area (Å²) in [5.41, 5.74) is 5.34. The fourth-order valence-electron chi connectivity index (χ4n) is 3.79. The summed E-state index contributed by atoms with van der Waals surface area (Å²) in [6.07, 6.45) is 2.65. The first-order valence-electron chi connectivity index (χ1n) is 10.5. The van der Waals surface area contributed by atoms with Gasteiger partial charge in [0.25, 0.3) is 5.91 Å². The number of amides is 1. The summed E-state index contributed by atoms with van der Waals surface area (Å²) in [7, 11) is 0. The first-order valence-corrected chi connectivity index (χ1v) is 10.5. The van der Waals surface area contributed by atoms with E-state index in [1.807, 2.05) is 43.3 Å². The molecule has 4 heteroatoms. The van der Waals surface area contributed by atoms with E-state index in [9.17, 15) is 4.79 Å². The molecule has 0 saturated carbocycles. The summed E-state index contributed by atoms with van der Waals surface area (Å²) >= 11 is 0. The monoisotopic (exact) mass is 397 g/mol. The van der Waals surface area contributed by atoms with Gasteiger partial charge in [0.2, 0.25) is 0 Å². The molecular formula is C26H27N3O. The number of carbonyl (C=O) groups excluding carboxylic acids is 1. The van der Waals surface area contributed by atoms with E-state index in [1.54, 1.807) is 0 Å². The predicted octanol–water partition coefficient (Wildman–Crippen LogP) is 4.95. The van der Waals surface area contributed by atoms with E-state index in [-0.39, 0.29) is 5.91 Å². The number of imidazole rings is 1. The quantitative estimate of drug-likeness (QED) is 0.428. The van der Waals surface area contributed by atoms with E-state index in [4.69, 9.17) is 4.98 Å². The minimum Gasteiger partial charge on any atom is -0.352 e. The molecule has 0 saturated heterocycles. The van der Waals surface area contributed by atoms with Gasteiger partial charge in [0, 0.05) is 25.1 Å². The Morgan fingerprint density at radius 1 is 0.933 bits per heavy atom. The Kier molecular flexibility index (Phi) is 6.23. The standard InChI is InChI=1S/C26H27N3O/c1-20-9-7-12-22(19-20)26(30)27-17-8-15-25-28-23-13-5-6-14-24(23)29(25)18-16-21-10-3-2-4-11-21/h2-7,9-14,19H,8,15-18H2,1H3,(H,27,30). The van der Waals surface area contributed by atoms with Gasteiger partial charge in [-0.25, -0.2) is 4.98 Å². The van der Waals surface area contributed by atoms with Crippen molar-refractivity contribution in [3.63, 3.8) is 0 Å². The van der Waals surface area contributed by atoms with Gasteiger partial charge in [0.1, 0.15) is 5.82 Å². The van der Waals surface area contributed by atoms with Crippen molar-refractivity contribution in [2.45, 2.75) is 32.7 Å². The second kappa shape index (κ2) is 9.40. The van der Waals surface area contributed by atoms with Crippen molar-refractivity contribution in [2.24, 2.45) is 0 Å². The van der Waals surface area contributed by atoms with Crippen LogP contribution in [-0.2, 0) is 19.4 Å². The summed E-state index contributed by atoms with van der Waals surface area (Å²) in [4.78, 5) is 17.2. The number of hydrogen-bond donors (Lipinski definition) is 1. The molecule has 1 N–H and O–H groups in total. The molecule has 1 amide bonds. The highest BCUT2D eigenvalue weighted by Gasteiger charge is 2.11. The van der Waals surface area contributed by atoms with Crippen LogP contribution in [0.4, 0.5) is 0 Å². The highest BCUT2D eigenvalue weighted by molar-refractivity contribution is 5.94. The minimum absolute atomic E-state index is 0.0173. The average molecular weight is 398 g/mol. The maximum Gasteiger partial charge on any atom is 0.251 e. The summed E-state index contributed by atoms with van der Waals surface area (Å²) in [5, 5.41) is 3.03. The first kappa shape index (κ1) is 19.9. The molecule has 30 heavy (non-hydrogen) atoms. The van der Waals surface area contributed by atoms with Gasteiger partial charge in [0.05, 0.1) is 11.0 Å². The number of aryl methyl sites for hydroxylation is 4. The van der Waals surface area contributed by atoms with E-state index >= 15 is 0 Å². The van der Waals surface area contributed by atoms with Crippen LogP contribution in [0, 0.1) is 6.92 Å². The van der Waals surface area contributed by atoms with Crippen LogP contribution in [-0.4, -0.2) is 22.0 Å². The minimum atomic E-state index is -0.0173. The van der Waals surface area contributed by atoms with Crippen LogP contribution in [0.25, 0.3) is 11.0 Å². The fourth-order valence-corrected chi connectivity index (χ4v) is 3.79. The van der Waals surface area contributed by atoms with E-state index in [1.165, 1.54) is 11.1 Å². The lowest BCUT2D eigenvalue weighted by molar-refractivity contribution is 0.0953. The number of fused-ring (bicyclic) bond motifs is 1. The summed E-state index contributed by atoms with van der Waals surface area (Å²) in [6, 6.07) is 26.5. The van der Waals surface area contributed by atoms with Crippen molar-refractivity contribution in [1.82, 2.24) is 14.9 Å². The molecule has 3 aromatic carbocycles. The van der Waals surface area contributed by atoms with E-state index in [2.05, 4.69) is 52.3 Å². The second-order valence-corrected chi connectivity index (χ2v) is 7.63. The maximum absolute atomic E-state index is 12.3. The van der Waals surface area contributed by atoms with Gasteiger partial charge in [-0.1, -0.05) is 60.2 Å². The van der Waals surface area contributed by atoms with Crippen LogP contribution in [0.5, 0.6) is 0 Å². The molecule has 4 aromatic rings. The van der Waals surface area contributed by atoms with Crippen molar-refractivity contribution in [1.29, 1.82) is 0 Å². The smallest absolute Gasteiger partial charge is 0.251 e.